The normalized spacial score (nSPS) is 10.8. The number of aromatic hydroxyl groups is 1. The topological polar surface area (TPSA) is 72.6 Å². The molecule has 0 bridgehead atoms. The van der Waals surface area contributed by atoms with E-state index in [0.29, 0.717) is 16.9 Å². The van der Waals surface area contributed by atoms with Crippen LogP contribution in [0.2, 0.25) is 0 Å². The molecule has 0 spiro atoms. The number of ether oxygens (including phenoxy) is 1. The summed E-state index contributed by atoms with van der Waals surface area (Å²) in [7, 11) is 1.57. The predicted molar refractivity (Wildman–Crippen MR) is 78.7 cm³/mol. The molecule has 1 N–H and O–H groups in total. The van der Waals surface area contributed by atoms with E-state index >= 15 is 0 Å². The maximum Gasteiger partial charge on any atom is 0.253 e. The lowest BCUT2D eigenvalue weighted by atomic mass is 10.1. The van der Waals surface area contributed by atoms with Gasteiger partial charge in [0.25, 0.3) is 5.43 Å². The van der Waals surface area contributed by atoms with Crippen LogP contribution in [-0.2, 0) is 0 Å². The number of hydrogen-bond donors (Lipinski definition) is 1. The van der Waals surface area contributed by atoms with E-state index < -0.39 is 11.2 Å². The second-order valence-electron chi connectivity index (χ2n) is 4.70. The van der Waals surface area contributed by atoms with Crippen LogP contribution < -0.4 is 10.2 Å². The summed E-state index contributed by atoms with van der Waals surface area (Å²) < 4.78 is 10.7. The molecule has 5 heteroatoms. The largest absolute Gasteiger partial charge is 0.501 e. The molecule has 0 fully saturated rings. The number of rotatable bonds is 2. The van der Waals surface area contributed by atoms with Gasteiger partial charge < -0.3 is 14.3 Å². The zero-order valence-corrected chi connectivity index (χ0v) is 11.6. The van der Waals surface area contributed by atoms with Crippen LogP contribution in [0, 0.1) is 6.92 Å². The smallest absolute Gasteiger partial charge is 0.253 e. The lowest BCUT2D eigenvalue weighted by Crippen LogP contribution is -2.04. The first-order valence-electron chi connectivity index (χ1n) is 6.37. The molecule has 0 saturated carbocycles. The van der Waals surface area contributed by atoms with E-state index in [9.17, 15) is 9.90 Å². The first kappa shape index (κ1) is 13.2. The Morgan fingerprint density at radius 1 is 1.24 bits per heavy atom. The molecule has 0 atom stereocenters. The number of methoxy groups -OCH3 is 1. The summed E-state index contributed by atoms with van der Waals surface area (Å²) in [6.45, 7) is 1.85. The van der Waals surface area contributed by atoms with Gasteiger partial charge in [0.2, 0.25) is 5.75 Å². The minimum Gasteiger partial charge on any atom is -0.501 e. The Morgan fingerprint density at radius 3 is 2.62 bits per heavy atom. The van der Waals surface area contributed by atoms with Crippen molar-refractivity contribution in [2.45, 2.75) is 6.92 Å². The van der Waals surface area contributed by atoms with Crippen LogP contribution in [0.15, 0.2) is 45.7 Å². The summed E-state index contributed by atoms with van der Waals surface area (Å²) in [5.41, 5.74) is 1.40. The van der Waals surface area contributed by atoms with E-state index in [1.807, 2.05) is 6.92 Å². The number of benzene rings is 1. The van der Waals surface area contributed by atoms with Crippen LogP contribution in [0.25, 0.3) is 22.4 Å². The minimum atomic E-state index is -0.540. The van der Waals surface area contributed by atoms with E-state index in [0.717, 1.165) is 5.56 Å². The highest BCUT2D eigenvalue weighted by Gasteiger charge is 2.16. The zero-order valence-electron chi connectivity index (χ0n) is 11.6. The number of aryl methyl sites for hydroxylation is 1. The van der Waals surface area contributed by atoms with Gasteiger partial charge in [-0.05, 0) is 42.8 Å². The SMILES string of the molecule is COc1ccc(-c2oc3cc(C)cnc3c(=O)c2O)cc1. The van der Waals surface area contributed by atoms with Crippen molar-refractivity contribution in [3.63, 3.8) is 0 Å². The third-order valence-electron chi connectivity index (χ3n) is 3.20. The van der Waals surface area contributed by atoms with Crippen molar-refractivity contribution in [2.75, 3.05) is 7.11 Å². The van der Waals surface area contributed by atoms with E-state index in [4.69, 9.17) is 9.15 Å². The Kier molecular flexibility index (Phi) is 3.10. The quantitative estimate of drug-likeness (QED) is 0.783. The molecule has 2 heterocycles. The number of nitrogens with zero attached hydrogens (tertiary/aromatic N) is 1. The molecular weight excluding hydrogens is 270 g/mol. The van der Waals surface area contributed by atoms with Gasteiger partial charge in [-0.1, -0.05) is 0 Å². The first-order chi connectivity index (χ1) is 10.1. The molecule has 1 aromatic carbocycles. The molecule has 21 heavy (non-hydrogen) atoms. The molecule has 0 unspecified atom stereocenters. The van der Waals surface area contributed by atoms with Crippen molar-refractivity contribution in [3.8, 4) is 22.8 Å². The van der Waals surface area contributed by atoms with Crippen molar-refractivity contribution < 1.29 is 14.3 Å². The molecule has 3 aromatic rings. The predicted octanol–water partition coefficient (Wildman–Crippen LogP) is 2.88. The zero-order chi connectivity index (χ0) is 15.0. The molecule has 3 rings (SSSR count). The van der Waals surface area contributed by atoms with Gasteiger partial charge in [-0.3, -0.25) is 4.79 Å². The lowest BCUT2D eigenvalue weighted by Gasteiger charge is -2.06. The fraction of sp³-hybridized carbons (Fsp3) is 0.125. The first-order valence-corrected chi connectivity index (χ1v) is 6.37. The van der Waals surface area contributed by atoms with Crippen molar-refractivity contribution in [2.24, 2.45) is 0 Å². The van der Waals surface area contributed by atoms with E-state index in [2.05, 4.69) is 4.98 Å². The molecule has 2 aromatic heterocycles. The van der Waals surface area contributed by atoms with Crippen LogP contribution in [0.3, 0.4) is 0 Å². The Morgan fingerprint density at radius 2 is 1.95 bits per heavy atom. The van der Waals surface area contributed by atoms with Gasteiger partial charge in [0.15, 0.2) is 16.9 Å². The number of fused-ring (bicyclic) bond motifs is 1. The average molecular weight is 283 g/mol. The maximum absolute atomic E-state index is 12.2. The standard InChI is InChI=1S/C16H13NO4/c1-9-7-12-13(17-8-9)14(18)15(19)16(21-12)10-3-5-11(20-2)6-4-10/h3-8,19H,1-2H3. The molecule has 106 valence electrons. The number of aromatic nitrogens is 1. The van der Waals surface area contributed by atoms with Crippen LogP contribution in [-0.4, -0.2) is 17.2 Å². The summed E-state index contributed by atoms with van der Waals surface area (Å²) in [6.07, 6.45) is 1.56. The molecule has 0 radical (unpaired) electrons. The van der Waals surface area contributed by atoms with Gasteiger partial charge >= 0.3 is 0 Å². The maximum atomic E-state index is 12.2. The van der Waals surface area contributed by atoms with E-state index in [1.54, 1.807) is 43.6 Å². The molecule has 0 aliphatic rings. The van der Waals surface area contributed by atoms with Crippen molar-refractivity contribution >= 4 is 11.1 Å². The third kappa shape index (κ3) is 2.23. The van der Waals surface area contributed by atoms with Gasteiger partial charge in [-0.2, -0.15) is 0 Å². The highest BCUT2D eigenvalue weighted by atomic mass is 16.5. The second-order valence-corrected chi connectivity index (χ2v) is 4.70. The highest BCUT2D eigenvalue weighted by Crippen LogP contribution is 2.30. The highest BCUT2D eigenvalue weighted by molar-refractivity contribution is 5.78. The lowest BCUT2D eigenvalue weighted by molar-refractivity contribution is 0.414. The number of hydrogen-bond acceptors (Lipinski definition) is 5. The summed E-state index contributed by atoms with van der Waals surface area (Å²) >= 11 is 0. The second kappa shape index (κ2) is 4.94. The van der Waals surface area contributed by atoms with Gasteiger partial charge in [0, 0.05) is 11.8 Å². The minimum absolute atomic E-state index is 0.121. The molecule has 0 aliphatic heterocycles. The Hall–Kier alpha value is -2.82. The van der Waals surface area contributed by atoms with Gasteiger partial charge in [-0.25, -0.2) is 4.98 Å². The molecule has 0 aliphatic carbocycles. The third-order valence-corrected chi connectivity index (χ3v) is 3.20. The summed E-state index contributed by atoms with van der Waals surface area (Å²) in [4.78, 5) is 16.2. The summed E-state index contributed by atoms with van der Waals surface area (Å²) in [5.74, 6) is 0.366. The van der Waals surface area contributed by atoms with Crippen molar-refractivity contribution in [3.05, 3.63) is 52.3 Å². The molecular formula is C16H13NO4. The Labute approximate surface area is 120 Å². The van der Waals surface area contributed by atoms with Crippen LogP contribution in [0.5, 0.6) is 11.5 Å². The monoisotopic (exact) mass is 283 g/mol. The Bertz CT molecular complexity index is 866. The van der Waals surface area contributed by atoms with E-state index in [1.165, 1.54) is 0 Å². The Balaban J connectivity index is 2.26. The van der Waals surface area contributed by atoms with Crippen molar-refractivity contribution in [1.29, 1.82) is 0 Å². The average Bonchev–Trinajstić information content (AvgIpc) is 2.51. The fourth-order valence-electron chi connectivity index (χ4n) is 2.10. The molecule has 0 saturated heterocycles. The van der Waals surface area contributed by atoms with Crippen LogP contribution in [0.4, 0.5) is 0 Å². The van der Waals surface area contributed by atoms with Gasteiger partial charge in [-0.15, -0.1) is 0 Å². The van der Waals surface area contributed by atoms with Gasteiger partial charge in [0.1, 0.15) is 5.75 Å². The van der Waals surface area contributed by atoms with E-state index in [-0.39, 0.29) is 11.3 Å². The van der Waals surface area contributed by atoms with Crippen LogP contribution in [0.1, 0.15) is 5.56 Å². The summed E-state index contributed by atoms with van der Waals surface area (Å²) in [5, 5.41) is 10.1. The summed E-state index contributed by atoms with van der Waals surface area (Å²) in [6, 6.07) is 8.61. The van der Waals surface area contributed by atoms with Gasteiger partial charge in [0.05, 0.1) is 7.11 Å². The van der Waals surface area contributed by atoms with Crippen LogP contribution >= 0.6 is 0 Å². The number of pyridine rings is 1. The fourth-order valence-corrected chi connectivity index (χ4v) is 2.10. The molecule has 5 nitrogen and oxygen atoms in total. The van der Waals surface area contributed by atoms with Crippen molar-refractivity contribution in [1.82, 2.24) is 4.98 Å². The molecule has 0 amide bonds.